The van der Waals surface area contributed by atoms with Crippen molar-refractivity contribution in [2.45, 2.75) is 77.8 Å². The molecule has 0 amide bonds. The van der Waals surface area contributed by atoms with Crippen LogP contribution in [0.2, 0.25) is 0 Å². The molecule has 1 unspecified atom stereocenters. The van der Waals surface area contributed by atoms with Crippen LogP contribution in [0.5, 0.6) is 5.75 Å². The van der Waals surface area contributed by atoms with Crippen LogP contribution in [0.1, 0.15) is 83.5 Å². The number of nitrogens with zero attached hydrogens (tertiary/aromatic N) is 2. The first kappa shape index (κ1) is 18.0. The Labute approximate surface area is 130 Å². The van der Waals surface area contributed by atoms with Crippen LogP contribution in [0.4, 0.5) is 0 Å². The van der Waals surface area contributed by atoms with E-state index in [2.05, 4.69) is 35.9 Å². The Bertz CT molecular complexity index is 387. The van der Waals surface area contributed by atoms with Gasteiger partial charge in [0, 0.05) is 6.04 Å². The molecule has 0 fully saturated rings. The number of nitrogens with one attached hydrogen (secondary N) is 1. The molecule has 0 aromatic carbocycles. The lowest BCUT2D eigenvalue weighted by Crippen LogP contribution is -2.22. The monoisotopic (exact) mass is 295 g/mol. The van der Waals surface area contributed by atoms with Crippen LogP contribution < -0.4 is 10.1 Å². The zero-order valence-electron chi connectivity index (χ0n) is 14.5. The van der Waals surface area contributed by atoms with Gasteiger partial charge in [0.15, 0.2) is 5.75 Å². The van der Waals surface area contributed by atoms with Crippen molar-refractivity contribution in [3.63, 3.8) is 0 Å². The maximum absolute atomic E-state index is 5.50. The van der Waals surface area contributed by atoms with Crippen molar-refractivity contribution < 1.29 is 4.74 Å². The number of ether oxygens (including phenoxy) is 1. The van der Waals surface area contributed by atoms with E-state index in [0.717, 1.165) is 12.2 Å². The van der Waals surface area contributed by atoms with E-state index in [0.29, 0.717) is 12.1 Å². The van der Waals surface area contributed by atoms with Crippen molar-refractivity contribution in [2.75, 3.05) is 14.2 Å². The zero-order valence-corrected chi connectivity index (χ0v) is 14.5. The van der Waals surface area contributed by atoms with Gasteiger partial charge in [-0.1, -0.05) is 45.4 Å². The molecule has 1 aromatic rings. The molecule has 0 aliphatic rings. The molecule has 0 saturated carbocycles. The number of methoxy groups -OCH3 is 1. The third kappa shape index (κ3) is 5.34. The lowest BCUT2D eigenvalue weighted by atomic mass is 10.0. The van der Waals surface area contributed by atoms with Gasteiger partial charge < -0.3 is 10.1 Å². The quantitative estimate of drug-likeness (QED) is 0.612. The van der Waals surface area contributed by atoms with Gasteiger partial charge in [0.05, 0.1) is 25.0 Å². The third-order valence-electron chi connectivity index (χ3n) is 4.03. The summed E-state index contributed by atoms with van der Waals surface area (Å²) in [6, 6.07) is 0.667. The first-order valence-electron chi connectivity index (χ1n) is 8.44. The molecule has 1 aromatic heterocycles. The number of rotatable bonds is 11. The summed E-state index contributed by atoms with van der Waals surface area (Å²) in [7, 11) is 3.75. The van der Waals surface area contributed by atoms with E-state index in [-0.39, 0.29) is 0 Å². The molecule has 0 radical (unpaired) electrons. The molecule has 1 heterocycles. The second-order valence-electron chi connectivity index (χ2n) is 6.03. The van der Waals surface area contributed by atoms with Crippen LogP contribution in [0.3, 0.4) is 0 Å². The van der Waals surface area contributed by atoms with Crippen molar-refractivity contribution in [3.8, 4) is 5.75 Å². The van der Waals surface area contributed by atoms with Crippen LogP contribution >= 0.6 is 0 Å². The molecular weight excluding hydrogens is 262 g/mol. The summed E-state index contributed by atoms with van der Waals surface area (Å²) >= 11 is 0. The molecule has 1 rings (SSSR count). The van der Waals surface area contributed by atoms with Crippen LogP contribution in [-0.2, 0) is 0 Å². The summed E-state index contributed by atoms with van der Waals surface area (Å²) < 4.78 is 7.58. The first-order chi connectivity index (χ1) is 10.2. The second kappa shape index (κ2) is 9.82. The predicted molar refractivity (Wildman–Crippen MR) is 89.0 cm³/mol. The minimum Gasteiger partial charge on any atom is -0.493 e. The molecule has 1 N–H and O–H groups in total. The summed E-state index contributed by atoms with van der Waals surface area (Å²) in [5.41, 5.74) is 1.18. The molecule has 122 valence electrons. The van der Waals surface area contributed by atoms with E-state index in [4.69, 9.17) is 4.74 Å². The summed E-state index contributed by atoms with van der Waals surface area (Å²) in [5, 5.41) is 7.91. The van der Waals surface area contributed by atoms with Crippen molar-refractivity contribution in [1.29, 1.82) is 0 Å². The van der Waals surface area contributed by atoms with Crippen molar-refractivity contribution in [1.82, 2.24) is 15.1 Å². The predicted octanol–water partition coefficient (Wildman–Crippen LogP) is 4.48. The fourth-order valence-corrected chi connectivity index (χ4v) is 2.80. The highest BCUT2D eigenvalue weighted by Crippen LogP contribution is 2.30. The van der Waals surface area contributed by atoms with Gasteiger partial charge in [0.25, 0.3) is 0 Å². The average molecular weight is 295 g/mol. The van der Waals surface area contributed by atoms with E-state index in [9.17, 15) is 0 Å². The van der Waals surface area contributed by atoms with Gasteiger partial charge in [-0.2, -0.15) is 5.10 Å². The highest BCUT2D eigenvalue weighted by Gasteiger charge is 2.21. The Balaban J connectivity index is 2.60. The lowest BCUT2D eigenvalue weighted by Gasteiger charge is -2.21. The van der Waals surface area contributed by atoms with E-state index in [1.54, 1.807) is 7.11 Å². The lowest BCUT2D eigenvalue weighted by molar-refractivity contribution is 0.379. The van der Waals surface area contributed by atoms with E-state index >= 15 is 0 Å². The smallest absolute Gasteiger partial charge is 0.161 e. The van der Waals surface area contributed by atoms with Gasteiger partial charge in [-0.3, -0.25) is 4.68 Å². The standard InChI is InChI=1S/C17H33N3O/c1-6-7-8-9-10-11-12-15(18-4)17-16(21-5)13-19-20(17)14(2)3/h13-15,18H,6-12H2,1-5H3. The van der Waals surface area contributed by atoms with Crippen LogP contribution in [0.25, 0.3) is 0 Å². The van der Waals surface area contributed by atoms with Crippen LogP contribution in [0.15, 0.2) is 6.20 Å². The minimum atomic E-state index is 0.316. The summed E-state index contributed by atoms with van der Waals surface area (Å²) in [6.07, 6.45) is 10.9. The third-order valence-corrected chi connectivity index (χ3v) is 4.03. The normalized spacial score (nSPS) is 12.9. The number of unbranched alkanes of at least 4 members (excludes halogenated alkanes) is 5. The van der Waals surface area contributed by atoms with Gasteiger partial charge in [0.2, 0.25) is 0 Å². The average Bonchev–Trinajstić information content (AvgIpc) is 2.90. The molecule has 0 saturated heterocycles. The maximum Gasteiger partial charge on any atom is 0.161 e. The fraction of sp³-hybridized carbons (Fsp3) is 0.824. The number of hydrogen-bond donors (Lipinski definition) is 1. The molecule has 0 aliphatic heterocycles. The molecule has 4 nitrogen and oxygen atoms in total. The molecule has 0 bridgehead atoms. The van der Waals surface area contributed by atoms with E-state index in [1.807, 2.05) is 13.2 Å². The Morgan fingerprint density at radius 1 is 1.19 bits per heavy atom. The maximum atomic E-state index is 5.50. The van der Waals surface area contributed by atoms with Crippen molar-refractivity contribution in [3.05, 3.63) is 11.9 Å². The highest BCUT2D eigenvalue weighted by molar-refractivity contribution is 5.28. The van der Waals surface area contributed by atoms with Crippen molar-refractivity contribution >= 4 is 0 Å². The van der Waals surface area contributed by atoms with Crippen LogP contribution in [-0.4, -0.2) is 23.9 Å². The van der Waals surface area contributed by atoms with Crippen molar-refractivity contribution in [2.24, 2.45) is 0 Å². The van der Waals surface area contributed by atoms with E-state index in [1.165, 1.54) is 44.2 Å². The van der Waals surface area contributed by atoms with Gasteiger partial charge in [0.1, 0.15) is 0 Å². The molecule has 21 heavy (non-hydrogen) atoms. The van der Waals surface area contributed by atoms with Gasteiger partial charge >= 0.3 is 0 Å². The highest BCUT2D eigenvalue weighted by atomic mass is 16.5. The molecule has 0 spiro atoms. The Hall–Kier alpha value is -1.03. The number of aromatic nitrogens is 2. The summed E-state index contributed by atoms with van der Waals surface area (Å²) in [6.45, 7) is 6.58. The van der Waals surface area contributed by atoms with E-state index < -0.39 is 0 Å². The summed E-state index contributed by atoms with van der Waals surface area (Å²) in [5.74, 6) is 0.897. The Kier molecular flexibility index (Phi) is 8.43. The Morgan fingerprint density at radius 3 is 2.43 bits per heavy atom. The fourth-order valence-electron chi connectivity index (χ4n) is 2.80. The minimum absolute atomic E-state index is 0.316. The largest absolute Gasteiger partial charge is 0.493 e. The first-order valence-corrected chi connectivity index (χ1v) is 8.44. The second-order valence-corrected chi connectivity index (χ2v) is 6.03. The zero-order chi connectivity index (χ0) is 15.7. The van der Waals surface area contributed by atoms with Gasteiger partial charge in [-0.25, -0.2) is 0 Å². The molecule has 1 atom stereocenters. The molecule has 4 heteroatoms. The molecule has 0 aliphatic carbocycles. The SMILES string of the molecule is CCCCCCCCC(NC)c1c(OC)cnn1C(C)C. The van der Waals surface area contributed by atoms with Gasteiger partial charge in [-0.05, 0) is 27.3 Å². The summed E-state index contributed by atoms with van der Waals surface area (Å²) in [4.78, 5) is 0. The Morgan fingerprint density at radius 2 is 1.86 bits per heavy atom. The number of hydrogen-bond acceptors (Lipinski definition) is 3. The van der Waals surface area contributed by atoms with Crippen LogP contribution in [0, 0.1) is 0 Å². The topological polar surface area (TPSA) is 39.1 Å². The van der Waals surface area contributed by atoms with Gasteiger partial charge in [-0.15, -0.1) is 0 Å². The molecular formula is C17H33N3O.